The first-order valence-electron chi connectivity index (χ1n) is 5.92. The molecule has 1 aromatic carbocycles. The third-order valence-electron chi connectivity index (χ3n) is 2.69. The van der Waals surface area contributed by atoms with Gasteiger partial charge in [-0.2, -0.15) is 0 Å². The summed E-state index contributed by atoms with van der Waals surface area (Å²) in [7, 11) is 3.32. The molecule has 2 N–H and O–H groups in total. The lowest BCUT2D eigenvalue weighted by molar-refractivity contribution is 0.102. The maximum Gasteiger partial charge on any atom is 0.274 e. The number of amides is 1. The van der Waals surface area contributed by atoms with E-state index in [0.717, 1.165) is 5.69 Å². The van der Waals surface area contributed by atoms with Crippen molar-refractivity contribution in [3.05, 3.63) is 47.2 Å². The number of pyridine rings is 1. The molecule has 0 fully saturated rings. The normalized spacial score (nSPS) is 9.95. The monoisotopic (exact) mass is 291 g/mol. The molecule has 2 aromatic rings. The minimum Gasteiger partial charge on any atom is -0.495 e. The first-order chi connectivity index (χ1) is 9.63. The molecule has 1 heterocycles. The second-order valence-corrected chi connectivity index (χ2v) is 4.39. The zero-order valence-electron chi connectivity index (χ0n) is 11.1. The van der Waals surface area contributed by atoms with E-state index in [1.165, 1.54) is 7.11 Å². The van der Waals surface area contributed by atoms with Gasteiger partial charge in [-0.15, -0.1) is 0 Å². The highest BCUT2D eigenvalue weighted by Gasteiger charge is 2.09. The van der Waals surface area contributed by atoms with Crippen LogP contribution in [0, 0.1) is 0 Å². The van der Waals surface area contributed by atoms with Crippen LogP contribution in [0.2, 0.25) is 5.02 Å². The highest BCUT2D eigenvalue weighted by Crippen LogP contribution is 2.27. The molecule has 0 saturated carbocycles. The summed E-state index contributed by atoms with van der Waals surface area (Å²) in [6.45, 7) is 0. The summed E-state index contributed by atoms with van der Waals surface area (Å²) in [6, 6.07) is 8.45. The number of carbonyl (C=O) groups excluding carboxylic acids is 1. The molecule has 0 aliphatic carbocycles. The predicted molar refractivity (Wildman–Crippen MR) is 79.7 cm³/mol. The Balaban J connectivity index is 2.12. The molecule has 6 heteroatoms. The van der Waals surface area contributed by atoms with Gasteiger partial charge < -0.3 is 15.4 Å². The van der Waals surface area contributed by atoms with Crippen molar-refractivity contribution >= 4 is 28.9 Å². The van der Waals surface area contributed by atoms with Gasteiger partial charge in [0.05, 0.1) is 24.0 Å². The first-order valence-corrected chi connectivity index (χ1v) is 6.30. The van der Waals surface area contributed by atoms with E-state index in [1.807, 2.05) is 0 Å². The van der Waals surface area contributed by atoms with Crippen molar-refractivity contribution in [1.29, 1.82) is 0 Å². The van der Waals surface area contributed by atoms with Crippen molar-refractivity contribution in [2.75, 3.05) is 24.8 Å². The van der Waals surface area contributed by atoms with Gasteiger partial charge in [0.2, 0.25) is 0 Å². The van der Waals surface area contributed by atoms with Crippen molar-refractivity contribution < 1.29 is 9.53 Å². The predicted octanol–water partition coefficient (Wildman–Crippen LogP) is 3.04. The number of benzene rings is 1. The zero-order valence-corrected chi connectivity index (χ0v) is 11.9. The molecule has 5 nitrogen and oxygen atoms in total. The molecule has 0 bridgehead atoms. The number of carbonyl (C=O) groups is 1. The Labute approximate surface area is 121 Å². The maximum atomic E-state index is 12.0. The van der Waals surface area contributed by atoms with Crippen LogP contribution in [0.3, 0.4) is 0 Å². The molecule has 1 amide bonds. The zero-order chi connectivity index (χ0) is 14.5. The Kier molecular flexibility index (Phi) is 4.42. The summed E-state index contributed by atoms with van der Waals surface area (Å²) in [5.74, 6) is 0.259. The molecule has 1 aromatic heterocycles. The molecule has 0 atom stereocenters. The van der Waals surface area contributed by atoms with Gasteiger partial charge in [0, 0.05) is 12.7 Å². The topological polar surface area (TPSA) is 63.2 Å². The van der Waals surface area contributed by atoms with Crippen LogP contribution in [0.1, 0.15) is 10.5 Å². The van der Waals surface area contributed by atoms with E-state index in [4.69, 9.17) is 16.3 Å². The average molecular weight is 292 g/mol. The molecular weight excluding hydrogens is 278 g/mol. The Hall–Kier alpha value is -2.27. The number of aromatic nitrogens is 1. The molecule has 0 unspecified atom stereocenters. The summed E-state index contributed by atoms with van der Waals surface area (Å²) in [4.78, 5) is 16.1. The molecular formula is C14H14ClN3O2. The van der Waals surface area contributed by atoms with Gasteiger partial charge >= 0.3 is 0 Å². The third-order valence-corrected chi connectivity index (χ3v) is 2.99. The van der Waals surface area contributed by atoms with E-state index >= 15 is 0 Å². The van der Waals surface area contributed by atoms with Crippen LogP contribution in [0.15, 0.2) is 36.5 Å². The largest absolute Gasteiger partial charge is 0.495 e. The van der Waals surface area contributed by atoms with Crippen LogP contribution in [0.4, 0.5) is 11.4 Å². The first kappa shape index (κ1) is 14.1. The van der Waals surface area contributed by atoms with E-state index in [-0.39, 0.29) is 5.91 Å². The second-order valence-electron chi connectivity index (χ2n) is 3.99. The number of anilines is 2. The van der Waals surface area contributed by atoms with Crippen molar-refractivity contribution in [2.24, 2.45) is 0 Å². The summed E-state index contributed by atoms with van der Waals surface area (Å²) in [6.07, 6.45) is 1.59. The smallest absolute Gasteiger partial charge is 0.274 e. The van der Waals surface area contributed by atoms with Gasteiger partial charge in [-0.05, 0) is 30.3 Å². The lowest BCUT2D eigenvalue weighted by atomic mass is 10.2. The third kappa shape index (κ3) is 3.19. The second kappa shape index (κ2) is 6.25. The lowest BCUT2D eigenvalue weighted by Crippen LogP contribution is -2.13. The summed E-state index contributed by atoms with van der Waals surface area (Å²) >= 11 is 6.00. The van der Waals surface area contributed by atoms with Gasteiger partial charge in [-0.3, -0.25) is 4.79 Å². The molecule has 0 aliphatic rings. The Morgan fingerprint density at radius 1 is 1.25 bits per heavy atom. The quantitative estimate of drug-likeness (QED) is 0.909. The Morgan fingerprint density at radius 3 is 2.55 bits per heavy atom. The van der Waals surface area contributed by atoms with Crippen LogP contribution in [-0.4, -0.2) is 25.0 Å². The number of hydrogen-bond acceptors (Lipinski definition) is 4. The van der Waals surface area contributed by atoms with Crippen LogP contribution in [-0.2, 0) is 0 Å². The number of ether oxygens (including phenoxy) is 1. The van der Waals surface area contributed by atoms with Crippen LogP contribution in [0.25, 0.3) is 0 Å². The number of halogens is 1. The molecule has 0 aliphatic heterocycles. The molecule has 0 radical (unpaired) electrons. The van der Waals surface area contributed by atoms with Gasteiger partial charge in [-0.1, -0.05) is 11.6 Å². The number of nitrogens with zero attached hydrogens (tertiary/aromatic N) is 1. The van der Waals surface area contributed by atoms with Crippen LogP contribution < -0.4 is 15.4 Å². The van der Waals surface area contributed by atoms with Gasteiger partial charge in [0.15, 0.2) is 0 Å². The number of rotatable bonds is 4. The van der Waals surface area contributed by atoms with E-state index < -0.39 is 0 Å². The maximum absolute atomic E-state index is 12.0. The number of methoxy groups -OCH3 is 1. The summed E-state index contributed by atoms with van der Waals surface area (Å²) < 4.78 is 5.05. The fourth-order valence-electron chi connectivity index (χ4n) is 1.62. The summed E-state index contributed by atoms with van der Waals surface area (Å²) in [5.41, 5.74) is 1.75. The molecule has 0 spiro atoms. The Morgan fingerprint density at radius 2 is 2.00 bits per heavy atom. The molecule has 2 rings (SSSR count). The van der Waals surface area contributed by atoms with Crippen LogP contribution in [0.5, 0.6) is 5.75 Å². The van der Waals surface area contributed by atoms with Gasteiger partial charge in [0.25, 0.3) is 5.91 Å². The minimum atomic E-state index is -0.297. The minimum absolute atomic E-state index is 0.297. The fourth-order valence-corrected chi connectivity index (χ4v) is 1.87. The summed E-state index contributed by atoms with van der Waals surface area (Å²) in [5, 5.41) is 6.10. The van der Waals surface area contributed by atoms with Crippen molar-refractivity contribution in [3.8, 4) is 5.75 Å². The van der Waals surface area contributed by atoms with Gasteiger partial charge in [0.1, 0.15) is 11.4 Å². The van der Waals surface area contributed by atoms with E-state index in [9.17, 15) is 4.79 Å². The molecule has 0 saturated heterocycles. The van der Waals surface area contributed by atoms with Crippen molar-refractivity contribution in [1.82, 2.24) is 4.98 Å². The van der Waals surface area contributed by atoms with E-state index in [1.54, 1.807) is 43.6 Å². The lowest BCUT2D eigenvalue weighted by Gasteiger charge is -2.08. The Bertz CT molecular complexity index is 614. The number of hydrogen-bond donors (Lipinski definition) is 2. The fraction of sp³-hybridized carbons (Fsp3) is 0.143. The highest BCUT2D eigenvalue weighted by atomic mass is 35.5. The van der Waals surface area contributed by atoms with E-state index in [2.05, 4.69) is 15.6 Å². The standard InChI is InChI=1S/C14H14ClN3O2/c1-16-10-3-5-12(17-8-10)14(19)18-9-4-6-13(20-2)11(15)7-9/h3-8,16H,1-2H3,(H,18,19). The molecule has 20 heavy (non-hydrogen) atoms. The average Bonchev–Trinajstić information content (AvgIpc) is 2.47. The van der Waals surface area contributed by atoms with Gasteiger partial charge in [-0.25, -0.2) is 4.98 Å². The van der Waals surface area contributed by atoms with Crippen molar-refractivity contribution in [3.63, 3.8) is 0 Å². The molecule has 104 valence electrons. The van der Waals surface area contributed by atoms with Crippen LogP contribution >= 0.6 is 11.6 Å². The highest BCUT2D eigenvalue weighted by molar-refractivity contribution is 6.32. The van der Waals surface area contributed by atoms with Crippen molar-refractivity contribution in [2.45, 2.75) is 0 Å². The number of nitrogens with one attached hydrogen (secondary N) is 2. The van der Waals surface area contributed by atoms with E-state index in [0.29, 0.717) is 22.2 Å². The SMILES string of the molecule is CNc1ccc(C(=O)Nc2ccc(OC)c(Cl)c2)nc1.